The summed E-state index contributed by atoms with van der Waals surface area (Å²) in [6.45, 7) is 3.37. The average Bonchev–Trinajstić information content (AvgIpc) is 2.68. The van der Waals surface area contributed by atoms with Gasteiger partial charge in [-0.05, 0) is 50.8 Å². The molecule has 0 amide bonds. The van der Waals surface area contributed by atoms with Crippen molar-refractivity contribution >= 4 is 55.4 Å². The molecule has 1 heterocycles. The smallest absolute Gasteiger partial charge is 0.100 e. The van der Waals surface area contributed by atoms with Crippen molar-refractivity contribution < 1.29 is 0 Å². The second-order valence-electron chi connectivity index (χ2n) is 4.92. The van der Waals surface area contributed by atoms with Crippen LogP contribution in [-0.4, -0.2) is 17.1 Å². The Morgan fingerprint density at radius 3 is 1.70 bits per heavy atom. The summed E-state index contributed by atoms with van der Waals surface area (Å²) in [5.74, 6) is 0. The lowest BCUT2D eigenvalue weighted by Gasteiger charge is -2.07. The van der Waals surface area contributed by atoms with Crippen LogP contribution in [0.5, 0.6) is 0 Å². The van der Waals surface area contributed by atoms with Gasteiger partial charge in [0.15, 0.2) is 0 Å². The number of hydrogen-bond donors (Lipinski definition) is 0. The second-order valence-corrected chi connectivity index (χ2v) is 8.06. The lowest BCUT2D eigenvalue weighted by atomic mass is 10.1. The average molecular weight is 443 g/mol. The molecule has 0 atom stereocenters. The molecule has 116 valence electrons. The summed E-state index contributed by atoms with van der Waals surface area (Å²) >= 11 is 11.1. The molecule has 20 heavy (non-hydrogen) atoms. The minimum Gasteiger partial charge on any atom is -0.328 e. The minimum absolute atomic E-state index is 1.10. The van der Waals surface area contributed by atoms with Crippen molar-refractivity contribution in [2.75, 3.05) is 12.5 Å². The normalized spacial score (nSPS) is 11.2. The lowest BCUT2D eigenvalue weighted by molar-refractivity contribution is 0.542. The zero-order chi connectivity index (χ0) is 15.0. The topological polar surface area (TPSA) is 4.93 Å². The molecule has 0 radical (unpaired) electrons. The van der Waals surface area contributed by atoms with E-state index in [0.29, 0.717) is 0 Å². The highest BCUT2D eigenvalue weighted by Gasteiger charge is 2.18. The maximum absolute atomic E-state index is 3.76. The number of unbranched alkanes of at least 4 members (excludes halogenated alkanes) is 6. The molecule has 0 aromatic carbocycles. The van der Waals surface area contributed by atoms with E-state index < -0.39 is 0 Å². The monoisotopic (exact) mass is 441 g/mol. The molecule has 0 bridgehead atoms. The van der Waals surface area contributed by atoms with Gasteiger partial charge in [0.25, 0.3) is 0 Å². The van der Waals surface area contributed by atoms with Gasteiger partial charge in [-0.1, -0.05) is 45.4 Å². The number of rotatable bonds is 10. The molecule has 0 saturated heterocycles. The van der Waals surface area contributed by atoms with Crippen molar-refractivity contribution in [1.29, 1.82) is 0 Å². The quantitative estimate of drug-likeness (QED) is 0.278. The fourth-order valence-electron chi connectivity index (χ4n) is 2.30. The third kappa shape index (κ3) is 5.29. The fraction of sp³-hybridized carbons (Fsp3) is 0.733. The number of hydrogen-bond acceptors (Lipinski definition) is 2. The summed E-state index contributed by atoms with van der Waals surface area (Å²) in [4.78, 5) is 2.71. The van der Waals surface area contributed by atoms with E-state index in [1.165, 1.54) is 63.9 Å². The Hall–Kier alpha value is 0.940. The van der Waals surface area contributed by atoms with Crippen molar-refractivity contribution in [3.05, 3.63) is 9.21 Å². The number of halogens is 2. The number of aromatic nitrogens is 1. The summed E-state index contributed by atoms with van der Waals surface area (Å²) in [5, 5.41) is 0. The van der Waals surface area contributed by atoms with Crippen LogP contribution in [0.4, 0.5) is 0 Å². The standard InChI is InChI=1S/C15H25Br2NS2/c1-4-5-6-7-8-9-10-11-18-14(16)12(19-2)13(20-3)15(18)17/h4-11H2,1-3H3. The molecule has 0 aliphatic heterocycles. The van der Waals surface area contributed by atoms with Gasteiger partial charge in [0.2, 0.25) is 0 Å². The Kier molecular flexibility index (Phi) is 10.1. The van der Waals surface area contributed by atoms with Crippen LogP contribution in [0.25, 0.3) is 0 Å². The van der Waals surface area contributed by atoms with Gasteiger partial charge in [-0.15, -0.1) is 23.5 Å². The molecule has 0 spiro atoms. The Labute approximate surface area is 149 Å². The highest BCUT2D eigenvalue weighted by molar-refractivity contribution is 9.11. The first kappa shape index (κ1) is 19.0. The summed E-state index contributed by atoms with van der Waals surface area (Å²) in [6.07, 6.45) is 13.8. The molecule has 1 rings (SSSR count). The molecule has 1 aromatic heterocycles. The molecular formula is C15H25Br2NS2. The van der Waals surface area contributed by atoms with Crippen molar-refractivity contribution in [3.8, 4) is 0 Å². The number of thioether (sulfide) groups is 2. The van der Waals surface area contributed by atoms with Gasteiger partial charge in [0.1, 0.15) is 9.21 Å². The van der Waals surface area contributed by atoms with Crippen LogP contribution in [0.3, 0.4) is 0 Å². The van der Waals surface area contributed by atoms with Crippen molar-refractivity contribution in [2.45, 2.75) is 68.2 Å². The van der Waals surface area contributed by atoms with Gasteiger partial charge in [-0.25, -0.2) is 0 Å². The predicted octanol–water partition coefficient (Wildman–Crippen LogP) is 7.21. The van der Waals surface area contributed by atoms with E-state index in [9.17, 15) is 0 Å². The minimum atomic E-state index is 1.10. The molecular weight excluding hydrogens is 418 g/mol. The van der Waals surface area contributed by atoms with E-state index in [-0.39, 0.29) is 0 Å². The van der Waals surface area contributed by atoms with Crippen molar-refractivity contribution in [1.82, 2.24) is 4.57 Å². The first-order chi connectivity index (χ1) is 9.67. The first-order valence-electron chi connectivity index (χ1n) is 7.32. The largest absolute Gasteiger partial charge is 0.328 e. The molecule has 1 nitrogen and oxygen atoms in total. The van der Waals surface area contributed by atoms with Crippen LogP contribution >= 0.6 is 55.4 Å². The second kappa shape index (κ2) is 10.6. The van der Waals surface area contributed by atoms with Gasteiger partial charge in [0.05, 0.1) is 9.79 Å². The third-order valence-electron chi connectivity index (χ3n) is 3.45. The third-order valence-corrected chi connectivity index (χ3v) is 7.36. The first-order valence-corrected chi connectivity index (χ1v) is 11.4. The van der Waals surface area contributed by atoms with E-state index in [0.717, 1.165) is 6.54 Å². The highest BCUT2D eigenvalue weighted by atomic mass is 79.9. The molecule has 0 unspecified atom stereocenters. The van der Waals surface area contributed by atoms with E-state index in [1.54, 1.807) is 0 Å². The zero-order valence-corrected chi connectivity index (χ0v) is 17.5. The van der Waals surface area contributed by atoms with E-state index in [1.807, 2.05) is 23.5 Å². The van der Waals surface area contributed by atoms with Crippen LogP contribution in [0.15, 0.2) is 19.0 Å². The van der Waals surface area contributed by atoms with Crippen LogP contribution in [0.1, 0.15) is 51.9 Å². The van der Waals surface area contributed by atoms with E-state index in [4.69, 9.17) is 0 Å². The summed E-state index contributed by atoms with van der Waals surface area (Å²) in [5.41, 5.74) is 0. The van der Waals surface area contributed by atoms with Gasteiger partial charge < -0.3 is 4.57 Å². The Morgan fingerprint density at radius 1 is 0.800 bits per heavy atom. The lowest BCUT2D eigenvalue weighted by Crippen LogP contribution is -1.98. The van der Waals surface area contributed by atoms with Crippen LogP contribution < -0.4 is 0 Å². The van der Waals surface area contributed by atoms with E-state index >= 15 is 0 Å². The molecule has 1 aromatic rings. The van der Waals surface area contributed by atoms with Crippen LogP contribution in [0, 0.1) is 0 Å². The maximum Gasteiger partial charge on any atom is 0.100 e. The molecule has 0 fully saturated rings. The Morgan fingerprint density at radius 2 is 1.25 bits per heavy atom. The Balaban J connectivity index is 2.46. The van der Waals surface area contributed by atoms with Gasteiger partial charge in [-0.2, -0.15) is 0 Å². The van der Waals surface area contributed by atoms with Gasteiger partial charge >= 0.3 is 0 Å². The predicted molar refractivity (Wildman–Crippen MR) is 101 cm³/mol. The summed E-state index contributed by atoms with van der Waals surface area (Å²) in [6, 6.07) is 0. The molecule has 0 saturated carbocycles. The molecule has 0 aliphatic carbocycles. The van der Waals surface area contributed by atoms with Crippen LogP contribution in [-0.2, 0) is 6.54 Å². The van der Waals surface area contributed by atoms with Crippen LogP contribution in [0.2, 0.25) is 0 Å². The van der Waals surface area contributed by atoms with Crippen molar-refractivity contribution in [2.24, 2.45) is 0 Å². The highest BCUT2D eigenvalue weighted by Crippen LogP contribution is 2.42. The van der Waals surface area contributed by atoms with Gasteiger partial charge in [-0.3, -0.25) is 0 Å². The number of nitrogens with zero attached hydrogens (tertiary/aromatic N) is 1. The van der Waals surface area contributed by atoms with Crippen molar-refractivity contribution in [3.63, 3.8) is 0 Å². The molecule has 0 N–H and O–H groups in total. The zero-order valence-electron chi connectivity index (χ0n) is 12.7. The summed E-state index contributed by atoms with van der Waals surface area (Å²) in [7, 11) is 0. The van der Waals surface area contributed by atoms with E-state index in [2.05, 4.69) is 55.9 Å². The summed E-state index contributed by atoms with van der Waals surface area (Å²) < 4.78 is 4.82. The maximum atomic E-state index is 3.76. The van der Waals surface area contributed by atoms with Gasteiger partial charge in [0, 0.05) is 6.54 Å². The molecule has 0 aliphatic rings. The Bertz CT molecular complexity index is 378. The fourth-order valence-corrected chi connectivity index (χ4v) is 6.49. The SMILES string of the molecule is CCCCCCCCCn1c(Br)c(SC)c(SC)c1Br. The molecule has 5 heteroatoms.